The summed E-state index contributed by atoms with van der Waals surface area (Å²) < 4.78 is 5.61. The Bertz CT molecular complexity index is 737. The smallest absolute Gasteiger partial charge is 0.277 e. The molecule has 1 heterocycles. The number of thioether (sulfide) groups is 1. The molecule has 0 bridgehead atoms. The molecule has 1 amide bonds. The fourth-order valence-electron chi connectivity index (χ4n) is 3.17. The summed E-state index contributed by atoms with van der Waals surface area (Å²) in [6.45, 7) is 4.48. The molecule has 25 heavy (non-hydrogen) atoms. The molecule has 2 aromatic rings. The summed E-state index contributed by atoms with van der Waals surface area (Å²) in [6.07, 6.45) is 3.48. The molecule has 1 N–H and O–H groups in total. The molecular formula is C18H22ClN3O2S. The maximum absolute atomic E-state index is 12.2. The fourth-order valence-corrected chi connectivity index (χ4v) is 3.93. The fraction of sp³-hybridized carbons (Fsp3) is 0.500. The van der Waals surface area contributed by atoms with Crippen LogP contribution in [0.5, 0.6) is 0 Å². The maximum atomic E-state index is 12.2. The summed E-state index contributed by atoms with van der Waals surface area (Å²) >= 11 is 7.22. The molecule has 0 spiro atoms. The van der Waals surface area contributed by atoms with Crippen molar-refractivity contribution in [2.75, 3.05) is 5.75 Å². The van der Waals surface area contributed by atoms with E-state index < -0.39 is 0 Å². The van der Waals surface area contributed by atoms with E-state index in [9.17, 15) is 4.79 Å². The van der Waals surface area contributed by atoms with Crippen molar-refractivity contribution in [1.29, 1.82) is 0 Å². The Balaban J connectivity index is 1.53. The van der Waals surface area contributed by atoms with Gasteiger partial charge in [-0.1, -0.05) is 56.1 Å². The number of carbonyl (C=O) groups is 1. The molecule has 3 atom stereocenters. The second-order valence-electron chi connectivity index (χ2n) is 6.61. The Labute approximate surface area is 156 Å². The number of nitrogens with zero attached hydrogens (tertiary/aromatic N) is 2. The lowest BCUT2D eigenvalue weighted by Crippen LogP contribution is -2.44. The molecule has 1 aromatic carbocycles. The third-order valence-electron chi connectivity index (χ3n) is 4.86. The van der Waals surface area contributed by atoms with Crippen molar-refractivity contribution in [3.8, 4) is 11.5 Å². The van der Waals surface area contributed by atoms with E-state index in [-0.39, 0.29) is 17.7 Å². The molecule has 1 saturated carbocycles. The molecule has 1 aromatic heterocycles. The predicted molar refractivity (Wildman–Crippen MR) is 99.6 cm³/mol. The van der Waals surface area contributed by atoms with Crippen molar-refractivity contribution >= 4 is 29.3 Å². The molecule has 7 heteroatoms. The molecule has 0 radical (unpaired) electrons. The lowest BCUT2D eigenvalue weighted by Gasteiger charge is -2.34. The van der Waals surface area contributed by atoms with Crippen LogP contribution < -0.4 is 5.32 Å². The van der Waals surface area contributed by atoms with Crippen LogP contribution in [0.15, 0.2) is 33.9 Å². The van der Waals surface area contributed by atoms with Gasteiger partial charge < -0.3 is 9.73 Å². The minimum atomic E-state index is 0.0125. The van der Waals surface area contributed by atoms with Crippen molar-refractivity contribution in [3.05, 3.63) is 29.3 Å². The van der Waals surface area contributed by atoms with Crippen LogP contribution in [-0.4, -0.2) is 27.9 Å². The van der Waals surface area contributed by atoms with Gasteiger partial charge in [-0.05, 0) is 36.5 Å². The number of hydrogen-bond donors (Lipinski definition) is 1. The van der Waals surface area contributed by atoms with Crippen LogP contribution in [0.2, 0.25) is 5.02 Å². The zero-order chi connectivity index (χ0) is 17.8. The second-order valence-corrected chi connectivity index (χ2v) is 7.98. The first kappa shape index (κ1) is 18.3. The predicted octanol–water partition coefficient (Wildman–Crippen LogP) is 4.42. The second kappa shape index (κ2) is 8.23. The van der Waals surface area contributed by atoms with E-state index >= 15 is 0 Å². The summed E-state index contributed by atoms with van der Waals surface area (Å²) in [7, 11) is 0. The highest BCUT2D eigenvalue weighted by Crippen LogP contribution is 2.30. The number of halogens is 1. The van der Waals surface area contributed by atoms with E-state index in [1.165, 1.54) is 24.6 Å². The molecule has 1 fully saturated rings. The normalized spacial score (nSPS) is 23.4. The molecule has 1 aliphatic rings. The molecule has 0 saturated heterocycles. The van der Waals surface area contributed by atoms with Crippen molar-refractivity contribution in [1.82, 2.24) is 15.5 Å². The lowest BCUT2D eigenvalue weighted by molar-refractivity contribution is -0.120. The van der Waals surface area contributed by atoms with E-state index in [0.717, 1.165) is 12.0 Å². The number of nitrogens with one attached hydrogen (secondary N) is 1. The number of hydrogen-bond acceptors (Lipinski definition) is 5. The summed E-state index contributed by atoms with van der Waals surface area (Å²) in [5.74, 6) is 1.86. The SMILES string of the molecule is C[C@H]1[C@@H](NC(=O)CSc2nnc(-c3cccc(Cl)c3)o2)CCC[C@@H]1C. The van der Waals surface area contributed by atoms with Gasteiger partial charge in [-0.2, -0.15) is 0 Å². The van der Waals surface area contributed by atoms with Crippen molar-refractivity contribution in [2.45, 2.75) is 44.4 Å². The van der Waals surface area contributed by atoms with Crippen LogP contribution in [0, 0.1) is 11.8 Å². The third kappa shape index (κ3) is 4.76. The van der Waals surface area contributed by atoms with Crippen molar-refractivity contribution in [2.24, 2.45) is 11.8 Å². The lowest BCUT2D eigenvalue weighted by atomic mass is 9.78. The molecule has 5 nitrogen and oxygen atoms in total. The number of amides is 1. The summed E-state index contributed by atoms with van der Waals surface area (Å²) in [5, 5.41) is 12.2. The Hall–Kier alpha value is -1.53. The van der Waals surface area contributed by atoms with Crippen LogP contribution in [0.25, 0.3) is 11.5 Å². The minimum Gasteiger partial charge on any atom is -0.411 e. The Kier molecular flexibility index (Phi) is 6.02. The van der Waals surface area contributed by atoms with Gasteiger partial charge in [0.1, 0.15) is 0 Å². The largest absolute Gasteiger partial charge is 0.411 e. The van der Waals surface area contributed by atoms with Gasteiger partial charge in [-0.25, -0.2) is 0 Å². The average molecular weight is 380 g/mol. The molecule has 0 aliphatic heterocycles. The molecular weight excluding hydrogens is 358 g/mol. The van der Waals surface area contributed by atoms with Crippen LogP contribution in [-0.2, 0) is 4.79 Å². The third-order valence-corrected chi connectivity index (χ3v) is 5.91. The summed E-state index contributed by atoms with van der Waals surface area (Å²) in [5.41, 5.74) is 0.765. The zero-order valence-corrected chi connectivity index (χ0v) is 15.9. The molecule has 3 rings (SSSR count). The first-order valence-electron chi connectivity index (χ1n) is 8.54. The van der Waals surface area contributed by atoms with Crippen LogP contribution in [0.1, 0.15) is 33.1 Å². The van der Waals surface area contributed by atoms with E-state index in [0.29, 0.717) is 28.0 Å². The van der Waals surface area contributed by atoms with Crippen molar-refractivity contribution in [3.63, 3.8) is 0 Å². The standard InChI is InChI=1S/C18H22ClN3O2S/c1-11-5-3-8-15(12(11)2)20-16(23)10-25-18-22-21-17(24-18)13-6-4-7-14(19)9-13/h4,6-7,9,11-12,15H,3,5,8,10H2,1-2H3,(H,20,23)/t11-,12+,15-/m0/s1. The summed E-state index contributed by atoms with van der Waals surface area (Å²) in [6, 6.07) is 7.50. The first-order valence-corrected chi connectivity index (χ1v) is 9.91. The number of rotatable bonds is 5. The van der Waals surface area contributed by atoms with Crippen LogP contribution >= 0.6 is 23.4 Å². The molecule has 134 valence electrons. The van der Waals surface area contributed by atoms with Gasteiger partial charge in [0.2, 0.25) is 11.8 Å². The Morgan fingerprint density at radius 3 is 3.00 bits per heavy atom. The first-order chi connectivity index (χ1) is 12.0. The van der Waals surface area contributed by atoms with E-state index in [2.05, 4.69) is 29.4 Å². The molecule has 1 aliphatic carbocycles. The summed E-state index contributed by atoms with van der Waals surface area (Å²) in [4.78, 5) is 12.2. The van der Waals surface area contributed by atoms with Gasteiger partial charge in [-0.15, -0.1) is 10.2 Å². The highest BCUT2D eigenvalue weighted by Gasteiger charge is 2.28. The minimum absolute atomic E-state index is 0.0125. The highest BCUT2D eigenvalue weighted by atomic mass is 35.5. The number of benzene rings is 1. The topological polar surface area (TPSA) is 68.0 Å². The van der Waals surface area contributed by atoms with Gasteiger partial charge in [-0.3, -0.25) is 4.79 Å². The van der Waals surface area contributed by atoms with E-state index in [4.69, 9.17) is 16.0 Å². The Morgan fingerprint density at radius 2 is 2.20 bits per heavy atom. The molecule has 0 unspecified atom stereocenters. The van der Waals surface area contributed by atoms with Crippen molar-refractivity contribution < 1.29 is 9.21 Å². The quantitative estimate of drug-likeness (QED) is 0.778. The van der Waals surface area contributed by atoms with Gasteiger partial charge >= 0.3 is 0 Å². The Morgan fingerprint density at radius 1 is 1.36 bits per heavy atom. The number of aromatic nitrogens is 2. The van der Waals surface area contributed by atoms with Gasteiger partial charge in [0, 0.05) is 16.6 Å². The highest BCUT2D eigenvalue weighted by molar-refractivity contribution is 7.99. The zero-order valence-electron chi connectivity index (χ0n) is 14.4. The van der Waals surface area contributed by atoms with E-state index in [1.807, 2.05) is 12.1 Å². The van der Waals surface area contributed by atoms with Crippen LogP contribution in [0.3, 0.4) is 0 Å². The monoisotopic (exact) mass is 379 g/mol. The van der Waals surface area contributed by atoms with E-state index in [1.54, 1.807) is 12.1 Å². The van der Waals surface area contributed by atoms with Gasteiger partial charge in [0.05, 0.1) is 5.75 Å². The van der Waals surface area contributed by atoms with Gasteiger partial charge in [0.15, 0.2) is 0 Å². The van der Waals surface area contributed by atoms with Crippen LogP contribution in [0.4, 0.5) is 0 Å². The number of carbonyl (C=O) groups excluding carboxylic acids is 1. The maximum Gasteiger partial charge on any atom is 0.277 e. The van der Waals surface area contributed by atoms with Gasteiger partial charge in [0.25, 0.3) is 5.22 Å². The average Bonchev–Trinajstić information content (AvgIpc) is 3.06.